The topological polar surface area (TPSA) is 68.0 Å². The molecule has 0 saturated heterocycles. The van der Waals surface area contributed by atoms with Crippen molar-refractivity contribution in [3.05, 3.63) is 59.7 Å². The quantitative estimate of drug-likeness (QED) is 0.808. The Morgan fingerprint density at radius 3 is 2.76 bits per heavy atom. The Morgan fingerprint density at radius 2 is 2.00 bits per heavy atom. The van der Waals surface area contributed by atoms with E-state index in [0.29, 0.717) is 18.0 Å². The van der Waals surface area contributed by atoms with E-state index in [4.69, 9.17) is 4.42 Å². The molecule has 6 heteroatoms. The SMILES string of the molecule is Cc1nc2cc(CNC(=O)c3ccncc3)ccc2o1.Cl. The summed E-state index contributed by atoms with van der Waals surface area (Å²) < 4.78 is 5.41. The first kappa shape index (κ1) is 15.0. The van der Waals surface area contributed by atoms with Gasteiger partial charge < -0.3 is 9.73 Å². The Morgan fingerprint density at radius 1 is 1.24 bits per heavy atom. The van der Waals surface area contributed by atoms with E-state index in [1.807, 2.05) is 25.1 Å². The molecule has 2 heterocycles. The predicted molar refractivity (Wildman–Crippen MR) is 81.4 cm³/mol. The molecule has 5 nitrogen and oxygen atoms in total. The van der Waals surface area contributed by atoms with Crippen LogP contribution in [0.3, 0.4) is 0 Å². The van der Waals surface area contributed by atoms with Crippen LogP contribution in [0.25, 0.3) is 11.1 Å². The second-order valence-corrected chi connectivity index (χ2v) is 4.45. The monoisotopic (exact) mass is 303 g/mol. The average Bonchev–Trinajstić information content (AvgIpc) is 2.85. The molecule has 1 amide bonds. The van der Waals surface area contributed by atoms with Crippen molar-refractivity contribution in [3.8, 4) is 0 Å². The maximum absolute atomic E-state index is 11.9. The number of aryl methyl sites for hydroxylation is 1. The van der Waals surface area contributed by atoms with E-state index in [1.54, 1.807) is 24.5 Å². The van der Waals surface area contributed by atoms with Gasteiger partial charge >= 0.3 is 0 Å². The van der Waals surface area contributed by atoms with E-state index in [1.165, 1.54) is 0 Å². The smallest absolute Gasteiger partial charge is 0.251 e. The Bertz CT molecular complexity index is 756. The number of rotatable bonds is 3. The fraction of sp³-hybridized carbons (Fsp3) is 0.133. The molecule has 2 aromatic heterocycles. The molecule has 0 unspecified atom stereocenters. The Balaban J connectivity index is 0.00000161. The molecule has 0 radical (unpaired) electrons. The van der Waals surface area contributed by atoms with E-state index in [0.717, 1.165) is 16.7 Å². The summed E-state index contributed by atoms with van der Waals surface area (Å²) in [4.78, 5) is 20.1. The predicted octanol–water partition coefficient (Wildman–Crippen LogP) is 2.88. The molecule has 0 aliphatic carbocycles. The molecule has 108 valence electrons. The Labute approximate surface area is 127 Å². The van der Waals surface area contributed by atoms with E-state index < -0.39 is 0 Å². The number of hydrogen-bond acceptors (Lipinski definition) is 4. The Hall–Kier alpha value is -2.40. The largest absolute Gasteiger partial charge is 0.441 e. The second kappa shape index (κ2) is 6.37. The number of fused-ring (bicyclic) bond motifs is 1. The molecular formula is C15H14ClN3O2. The van der Waals surface area contributed by atoms with Crippen LogP contribution in [0.1, 0.15) is 21.8 Å². The van der Waals surface area contributed by atoms with Crippen molar-refractivity contribution in [1.29, 1.82) is 0 Å². The van der Waals surface area contributed by atoms with Crippen molar-refractivity contribution in [2.45, 2.75) is 13.5 Å². The van der Waals surface area contributed by atoms with Gasteiger partial charge in [-0.3, -0.25) is 9.78 Å². The number of carbonyl (C=O) groups excluding carboxylic acids is 1. The van der Waals surface area contributed by atoms with Crippen LogP contribution in [-0.2, 0) is 6.54 Å². The third kappa shape index (κ3) is 3.38. The number of carbonyl (C=O) groups is 1. The van der Waals surface area contributed by atoms with Gasteiger partial charge in [-0.2, -0.15) is 0 Å². The number of oxazole rings is 1. The molecule has 1 aromatic carbocycles. The van der Waals surface area contributed by atoms with Crippen molar-refractivity contribution in [3.63, 3.8) is 0 Å². The van der Waals surface area contributed by atoms with Crippen LogP contribution in [0, 0.1) is 6.92 Å². The Kier molecular flexibility index (Phi) is 4.55. The summed E-state index contributed by atoms with van der Waals surface area (Å²) in [6, 6.07) is 9.06. The van der Waals surface area contributed by atoms with Gasteiger partial charge in [0, 0.05) is 31.4 Å². The lowest BCUT2D eigenvalue weighted by molar-refractivity contribution is 0.0951. The number of nitrogens with zero attached hydrogens (tertiary/aromatic N) is 2. The van der Waals surface area contributed by atoms with Crippen molar-refractivity contribution < 1.29 is 9.21 Å². The van der Waals surface area contributed by atoms with Gasteiger partial charge in [0.15, 0.2) is 11.5 Å². The van der Waals surface area contributed by atoms with Crippen LogP contribution >= 0.6 is 12.4 Å². The summed E-state index contributed by atoms with van der Waals surface area (Å²) in [5, 5.41) is 2.86. The first-order valence-corrected chi connectivity index (χ1v) is 6.27. The van der Waals surface area contributed by atoms with Crippen molar-refractivity contribution in [1.82, 2.24) is 15.3 Å². The van der Waals surface area contributed by atoms with Gasteiger partial charge in [-0.15, -0.1) is 12.4 Å². The van der Waals surface area contributed by atoms with Gasteiger partial charge in [-0.05, 0) is 29.8 Å². The maximum Gasteiger partial charge on any atom is 0.251 e. The summed E-state index contributed by atoms with van der Waals surface area (Å²) in [7, 11) is 0. The molecular weight excluding hydrogens is 290 g/mol. The average molecular weight is 304 g/mol. The van der Waals surface area contributed by atoms with Gasteiger partial charge in [0.2, 0.25) is 0 Å². The summed E-state index contributed by atoms with van der Waals surface area (Å²) in [5.41, 5.74) is 3.14. The van der Waals surface area contributed by atoms with Gasteiger partial charge in [0.25, 0.3) is 5.91 Å². The summed E-state index contributed by atoms with van der Waals surface area (Å²) in [6.45, 7) is 2.26. The number of aromatic nitrogens is 2. The molecule has 1 N–H and O–H groups in total. The number of amides is 1. The third-order valence-corrected chi connectivity index (χ3v) is 2.95. The van der Waals surface area contributed by atoms with Crippen LogP contribution in [0.2, 0.25) is 0 Å². The van der Waals surface area contributed by atoms with Crippen LogP contribution in [0.4, 0.5) is 0 Å². The summed E-state index contributed by atoms with van der Waals surface area (Å²) >= 11 is 0. The number of hydrogen-bond donors (Lipinski definition) is 1. The second-order valence-electron chi connectivity index (χ2n) is 4.45. The van der Waals surface area contributed by atoms with E-state index in [2.05, 4.69) is 15.3 Å². The fourth-order valence-electron chi connectivity index (χ4n) is 1.99. The lowest BCUT2D eigenvalue weighted by Gasteiger charge is -2.04. The van der Waals surface area contributed by atoms with Gasteiger partial charge in [-0.25, -0.2) is 4.98 Å². The molecule has 0 aliphatic rings. The van der Waals surface area contributed by atoms with Gasteiger partial charge in [0.05, 0.1) is 0 Å². The summed E-state index contributed by atoms with van der Waals surface area (Å²) in [6.07, 6.45) is 3.19. The molecule has 0 atom stereocenters. The first-order chi connectivity index (χ1) is 9.72. The molecule has 0 spiro atoms. The van der Waals surface area contributed by atoms with E-state index in [-0.39, 0.29) is 18.3 Å². The lowest BCUT2D eigenvalue weighted by atomic mass is 10.2. The van der Waals surface area contributed by atoms with Crippen molar-refractivity contribution in [2.75, 3.05) is 0 Å². The highest BCUT2D eigenvalue weighted by Crippen LogP contribution is 2.16. The molecule has 0 saturated carbocycles. The van der Waals surface area contributed by atoms with Crippen LogP contribution in [0.15, 0.2) is 47.1 Å². The van der Waals surface area contributed by atoms with E-state index in [9.17, 15) is 4.79 Å². The zero-order valence-electron chi connectivity index (χ0n) is 11.4. The minimum Gasteiger partial charge on any atom is -0.441 e. The number of halogens is 1. The van der Waals surface area contributed by atoms with Crippen LogP contribution in [-0.4, -0.2) is 15.9 Å². The number of nitrogens with one attached hydrogen (secondary N) is 1. The van der Waals surface area contributed by atoms with E-state index >= 15 is 0 Å². The molecule has 21 heavy (non-hydrogen) atoms. The molecule has 3 aromatic rings. The van der Waals surface area contributed by atoms with Crippen LogP contribution < -0.4 is 5.32 Å². The first-order valence-electron chi connectivity index (χ1n) is 6.27. The zero-order valence-corrected chi connectivity index (χ0v) is 12.2. The van der Waals surface area contributed by atoms with Crippen LogP contribution in [0.5, 0.6) is 0 Å². The molecule has 3 rings (SSSR count). The zero-order chi connectivity index (χ0) is 13.9. The lowest BCUT2D eigenvalue weighted by Crippen LogP contribution is -2.22. The highest BCUT2D eigenvalue weighted by Gasteiger charge is 2.06. The number of pyridine rings is 1. The fourth-order valence-corrected chi connectivity index (χ4v) is 1.99. The normalized spacial score (nSPS) is 10.1. The third-order valence-electron chi connectivity index (χ3n) is 2.95. The molecule has 0 aliphatic heterocycles. The highest BCUT2D eigenvalue weighted by atomic mass is 35.5. The molecule has 0 bridgehead atoms. The summed E-state index contributed by atoms with van der Waals surface area (Å²) in [5.74, 6) is 0.516. The maximum atomic E-state index is 11.9. The molecule has 0 fully saturated rings. The van der Waals surface area contributed by atoms with Gasteiger partial charge in [0.1, 0.15) is 5.52 Å². The van der Waals surface area contributed by atoms with Crippen molar-refractivity contribution >= 4 is 29.4 Å². The highest BCUT2D eigenvalue weighted by molar-refractivity contribution is 5.93. The number of benzene rings is 1. The standard InChI is InChI=1S/C15H13N3O2.ClH/c1-10-18-13-8-11(2-3-14(13)20-10)9-17-15(19)12-4-6-16-7-5-12;/h2-8H,9H2,1H3,(H,17,19);1H. The minimum atomic E-state index is -0.121. The van der Waals surface area contributed by atoms with Gasteiger partial charge in [-0.1, -0.05) is 6.07 Å². The minimum absolute atomic E-state index is 0. The van der Waals surface area contributed by atoms with Crippen molar-refractivity contribution in [2.24, 2.45) is 0 Å².